The second kappa shape index (κ2) is 7.27. The summed E-state index contributed by atoms with van der Waals surface area (Å²) in [5.74, 6) is 1.75. The van der Waals surface area contributed by atoms with Gasteiger partial charge in [-0.05, 0) is 30.4 Å². The normalized spacial score (nSPS) is 20.8. The predicted molar refractivity (Wildman–Crippen MR) is 105 cm³/mol. The molecule has 0 unspecified atom stereocenters. The number of hydrogen-bond acceptors (Lipinski definition) is 6. The Balaban J connectivity index is 1.37. The average molecular weight is 407 g/mol. The molecule has 1 atom stereocenters. The fourth-order valence-corrected chi connectivity index (χ4v) is 6.41. The van der Waals surface area contributed by atoms with Crippen molar-refractivity contribution in [3.63, 3.8) is 0 Å². The molecule has 27 heavy (non-hydrogen) atoms. The van der Waals surface area contributed by atoms with Crippen LogP contribution in [0.3, 0.4) is 0 Å². The molecule has 1 amide bonds. The SMILES string of the molecule is Cn1c(C[C@H]2CCS(=O)(=O)C2)nnc1SCC(=O)N1CCc2ccccc21. The van der Waals surface area contributed by atoms with Gasteiger partial charge in [-0.15, -0.1) is 10.2 Å². The number of fused-ring (bicyclic) bond motifs is 1. The minimum atomic E-state index is -2.89. The summed E-state index contributed by atoms with van der Waals surface area (Å²) < 4.78 is 25.1. The van der Waals surface area contributed by atoms with Crippen LogP contribution in [-0.4, -0.2) is 52.9 Å². The molecule has 0 bridgehead atoms. The van der Waals surface area contributed by atoms with Crippen LogP contribution in [0.5, 0.6) is 0 Å². The molecule has 9 heteroatoms. The van der Waals surface area contributed by atoms with Crippen LogP contribution in [0.15, 0.2) is 29.4 Å². The number of nitrogens with zero attached hydrogens (tertiary/aromatic N) is 4. The first-order valence-corrected chi connectivity index (χ1v) is 11.8. The predicted octanol–water partition coefficient (Wildman–Crippen LogP) is 1.47. The number of para-hydroxylation sites is 1. The Morgan fingerprint density at radius 1 is 1.30 bits per heavy atom. The van der Waals surface area contributed by atoms with Gasteiger partial charge in [0.05, 0.1) is 17.3 Å². The van der Waals surface area contributed by atoms with Gasteiger partial charge in [-0.25, -0.2) is 8.42 Å². The third kappa shape index (κ3) is 3.89. The van der Waals surface area contributed by atoms with Crippen molar-refractivity contribution in [2.45, 2.75) is 24.4 Å². The van der Waals surface area contributed by atoms with Crippen LogP contribution in [-0.2, 0) is 34.5 Å². The number of carbonyl (C=O) groups is 1. The van der Waals surface area contributed by atoms with Gasteiger partial charge >= 0.3 is 0 Å². The Morgan fingerprint density at radius 3 is 2.89 bits per heavy atom. The van der Waals surface area contributed by atoms with Crippen LogP contribution >= 0.6 is 11.8 Å². The van der Waals surface area contributed by atoms with Crippen LogP contribution in [0.25, 0.3) is 0 Å². The van der Waals surface area contributed by atoms with Crippen molar-refractivity contribution in [3.8, 4) is 0 Å². The third-order valence-electron chi connectivity index (χ3n) is 5.24. The van der Waals surface area contributed by atoms with Crippen LogP contribution in [0.4, 0.5) is 5.69 Å². The Bertz CT molecular complexity index is 971. The maximum Gasteiger partial charge on any atom is 0.237 e. The lowest BCUT2D eigenvalue weighted by Crippen LogP contribution is -2.30. The van der Waals surface area contributed by atoms with Crippen molar-refractivity contribution in [2.75, 3.05) is 28.7 Å². The molecule has 144 valence electrons. The van der Waals surface area contributed by atoms with Crippen LogP contribution in [0.1, 0.15) is 17.8 Å². The lowest BCUT2D eigenvalue weighted by molar-refractivity contribution is -0.116. The van der Waals surface area contributed by atoms with Crippen molar-refractivity contribution in [2.24, 2.45) is 13.0 Å². The smallest absolute Gasteiger partial charge is 0.237 e. The number of anilines is 1. The van der Waals surface area contributed by atoms with Gasteiger partial charge in [0.15, 0.2) is 15.0 Å². The summed E-state index contributed by atoms with van der Waals surface area (Å²) in [7, 11) is -1.02. The van der Waals surface area contributed by atoms with Gasteiger partial charge in [0.25, 0.3) is 0 Å². The largest absolute Gasteiger partial charge is 0.311 e. The topological polar surface area (TPSA) is 85.2 Å². The number of thioether (sulfide) groups is 1. The van der Waals surface area contributed by atoms with Crippen molar-refractivity contribution in [1.29, 1.82) is 0 Å². The number of amides is 1. The zero-order valence-electron chi connectivity index (χ0n) is 15.2. The molecule has 2 aliphatic rings. The van der Waals surface area contributed by atoms with E-state index in [2.05, 4.69) is 16.3 Å². The molecule has 1 aromatic carbocycles. The fraction of sp³-hybridized carbons (Fsp3) is 0.500. The minimum Gasteiger partial charge on any atom is -0.311 e. The van der Waals surface area contributed by atoms with Crippen molar-refractivity contribution in [1.82, 2.24) is 14.8 Å². The highest BCUT2D eigenvalue weighted by Gasteiger charge is 2.29. The molecular weight excluding hydrogens is 384 g/mol. The van der Waals surface area contributed by atoms with E-state index < -0.39 is 9.84 Å². The third-order valence-corrected chi connectivity index (χ3v) is 8.08. The molecule has 1 aromatic heterocycles. The van der Waals surface area contributed by atoms with Crippen molar-refractivity contribution < 1.29 is 13.2 Å². The van der Waals surface area contributed by atoms with Gasteiger partial charge in [0.2, 0.25) is 5.91 Å². The summed E-state index contributed by atoms with van der Waals surface area (Å²) in [6, 6.07) is 8.00. The molecule has 1 saturated heterocycles. The Labute approximate surface area is 163 Å². The highest BCUT2D eigenvalue weighted by atomic mass is 32.2. The van der Waals surface area contributed by atoms with Gasteiger partial charge in [-0.3, -0.25) is 4.79 Å². The molecule has 2 aromatic rings. The lowest BCUT2D eigenvalue weighted by atomic mass is 10.1. The lowest BCUT2D eigenvalue weighted by Gasteiger charge is -2.16. The molecule has 7 nitrogen and oxygen atoms in total. The highest BCUT2D eigenvalue weighted by Crippen LogP contribution is 2.29. The molecule has 1 fully saturated rings. The molecule has 0 N–H and O–H groups in total. The zero-order valence-corrected chi connectivity index (χ0v) is 16.8. The number of hydrogen-bond donors (Lipinski definition) is 0. The quantitative estimate of drug-likeness (QED) is 0.699. The van der Waals surface area contributed by atoms with E-state index in [1.54, 1.807) is 0 Å². The van der Waals surface area contributed by atoms with Gasteiger partial charge in [-0.2, -0.15) is 0 Å². The summed E-state index contributed by atoms with van der Waals surface area (Å²) in [5, 5.41) is 9.09. The Hall–Kier alpha value is -1.87. The van der Waals surface area contributed by atoms with Crippen LogP contribution in [0, 0.1) is 5.92 Å². The number of carbonyl (C=O) groups excluding carboxylic acids is 1. The van der Waals surface area contributed by atoms with E-state index in [0.29, 0.717) is 23.8 Å². The van der Waals surface area contributed by atoms with Gasteiger partial charge in [0.1, 0.15) is 5.82 Å². The number of aromatic nitrogens is 3. The monoisotopic (exact) mass is 406 g/mol. The van der Waals surface area contributed by atoms with E-state index in [1.807, 2.05) is 34.7 Å². The zero-order chi connectivity index (χ0) is 19.0. The van der Waals surface area contributed by atoms with Crippen molar-refractivity contribution >= 4 is 33.2 Å². The van der Waals surface area contributed by atoms with Gasteiger partial charge < -0.3 is 9.47 Å². The first-order valence-electron chi connectivity index (χ1n) is 9.03. The summed E-state index contributed by atoms with van der Waals surface area (Å²) in [4.78, 5) is 14.5. The fourth-order valence-electron chi connectivity index (χ4n) is 3.74. The maximum atomic E-state index is 12.6. The molecule has 0 saturated carbocycles. The average Bonchev–Trinajstić information content (AvgIpc) is 3.31. The number of benzene rings is 1. The van der Waals surface area contributed by atoms with Crippen LogP contribution in [0.2, 0.25) is 0 Å². The van der Waals surface area contributed by atoms with E-state index >= 15 is 0 Å². The molecule has 3 heterocycles. The van der Waals surface area contributed by atoms with E-state index in [0.717, 1.165) is 24.5 Å². The van der Waals surface area contributed by atoms with E-state index in [9.17, 15) is 13.2 Å². The van der Waals surface area contributed by atoms with Crippen molar-refractivity contribution in [3.05, 3.63) is 35.7 Å². The number of sulfone groups is 1. The van der Waals surface area contributed by atoms with Crippen LogP contribution < -0.4 is 4.90 Å². The minimum absolute atomic E-state index is 0.0661. The van der Waals surface area contributed by atoms with E-state index in [1.165, 1.54) is 17.3 Å². The second-order valence-corrected chi connectivity index (χ2v) is 10.3. The van der Waals surface area contributed by atoms with Gasteiger partial charge in [0, 0.05) is 25.7 Å². The first kappa shape index (κ1) is 18.5. The first-order chi connectivity index (χ1) is 12.9. The van der Waals surface area contributed by atoms with E-state index in [4.69, 9.17) is 0 Å². The highest BCUT2D eigenvalue weighted by molar-refractivity contribution is 7.99. The molecule has 4 rings (SSSR count). The number of rotatable bonds is 5. The summed E-state index contributed by atoms with van der Waals surface area (Å²) in [5.41, 5.74) is 2.22. The Kier molecular flexibility index (Phi) is 4.98. The second-order valence-electron chi connectivity index (χ2n) is 7.14. The summed E-state index contributed by atoms with van der Waals surface area (Å²) >= 11 is 1.38. The molecule has 0 aliphatic carbocycles. The Morgan fingerprint density at radius 2 is 2.11 bits per heavy atom. The molecule has 2 aliphatic heterocycles. The van der Waals surface area contributed by atoms with Gasteiger partial charge in [-0.1, -0.05) is 30.0 Å². The standard InChI is InChI=1S/C18H22N4O3S2/c1-21-16(10-13-7-9-27(24,25)12-13)19-20-18(21)26-11-17(23)22-8-6-14-4-2-3-5-15(14)22/h2-5,13H,6-12H2,1H3/t13-/m1/s1. The molecular formula is C18H22N4O3S2. The van der Waals surface area contributed by atoms with E-state index in [-0.39, 0.29) is 23.3 Å². The summed E-state index contributed by atoms with van der Waals surface area (Å²) in [6.45, 7) is 0.721. The maximum absolute atomic E-state index is 12.6. The summed E-state index contributed by atoms with van der Waals surface area (Å²) in [6.07, 6.45) is 2.19. The molecule has 0 spiro atoms. The molecule has 0 radical (unpaired) electrons.